The van der Waals surface area contributed by atoms with E-state index in [0.717, 1.165) is 0 Å². The van der Waals surface area contributed by atoms with E-state index in [2.05, 4.69) is 0 Å². The summed E-state index contributed by atoms with van der Waals surface area (Å²) in [5.74, 6) is -1.08. The number of esters is 2. The summed E-state index contributed by atoms with van der Waals surface area (Å²) in [6, 6.07) is 0. The van der Waals surface area contributed by atoms with E-state index in [1.165, 1.54) is 0 Å². The molecule has 110 valence electrons. The van der Waals surface area contributed by atoms with Crippen molar-refractivity contribution in [2.24, 2.45) is 17.3 Å². The minimum Gasteiger partial charge on any atom is -0.465 e. The largest absolute Gasteiger partial charge is 0.465 e. The maximum atomic E-state index is 12.3. The predicted molar refractivity (Wildman–Crippen MR) is 74.5 cm³/mol. The first-order chi connectivity index (χ1) is 8.82. The van der Waals surface area contributed by atoms with Gasteiger partial charge in [0.05, 0.1) is 13.2 Å². The molecule has 0 saturated carbocycles. The summed E-state index contributed by atoms with van der Waals surface area (Å²) in [6.45, 7) is 11.5. The van der Waals surface area contributed by atoms with Crippen molar-refractivity contribution in [3.63, 3.8) is 0 Å². The zero-order valence-corrected chi connectivity index (χ0v) is 12.9. The second-order valence-corrected chi connectivity index (χ2v) is 5.07. The zero-order chi connectivity index (χ0) is 15.1. The Bertz CT molecular complexity index is 311. The number of allylic oxidation sites excluding steroid dienone is 1. The molecule has 0 amide bonds. The molecule has 0 atom stereocenters. The summed E-state index contributed by atoms with van der Waals surface area (Å²) >= 11 is 0. The topological polar surface area (TPSA) is 52.6 Å². The fourth-order valence-corrected chi connectivity index (χ4v) is 1.73. The molecule has 0 aromatic rings. The number of rotatable bonds is 7. The number of ether oxygens (including phenoxy) is 2. The lowest BCUT2D eigenvalue weighted by atomic mass is 9.76. The molecule has 0 unspecified atom stereocenters. The van der Waals surface area contributed by atoms with Crippen LogP contribution in [0.25, 0.3) is 0 Å². The van der Waals surface area contributed by atoms with Gasteiger partial charge in [0.2, 0.25) is 0 Å². The van der Waals surface area contributed by atoms with Crippen molar-refractivity contribution < 1.29 is 19.1 Å². The zero-order valence-electron chi connectivity index (χ0n) is 12.9. The summed E-state index contributed by atoms with van der Waals surface area (Å²) in [5.41, 5.74) is -1.35. The molecule has 4 heteroatoms. The maximum Gasteiger partial charge on any atom is 0.327 e. The van der Waals surface area contributed by atoms with Crippen molar-refractivity contribution in [3.8, 4) is 0 Å². The fourth-order valence-electron chi connectivity index (χ4n) is 1.73. The Balaban J connectivity index is 5.60. The first-order valence-electron chi connectivity index (χ1n) is 6.86. The van der Waals surface area contributed by atoms with Gasteiger partial charge in [0.25, 0.3) is 0 Å². The molecule has 0 aliphatic heterocycles. The predicted octanol–water partition coefficient (Wildman–Crippen LogP) is 2.97. The van der Waals surface area contributed by atoms with E-state index in [1.807, 2.05) is 33.8 Å². The fraction of sp³-hybridized carbons (Fsp3) is 0.733. The number of hydrogen-bond donors (Lipinski definition) is 0. The van der Waals surface area contributed by atoms with Crippen molar-refractivity contribution in [3.05, 3.63) is 12.2 Å². The molecule has 4 nitrogen and oxygen atoms in total. The van der Waals surface area contributed by atoms with Crippen LogP contribution in [0.2, 0.25) is 0 Å². The lowest BCUT2D eigenvalue weighted by Crippen LogP contribution is -2.44. The highest BCUT2D eigenvalue weighted by atomic mass is 16.6. The van der Waals surface area contributed by atoms with Crippen LogP contribution >= 0.6 is 0 Å². The third-order valence-corrected chi connectivity index (χ3v) is 2.88. The van der Waals surface area contributed by atoms with Crippen molar-refractivity contribution in [2.75, 3.05) is 13.2 Å². The first-order valence-corrected chi connectivity index (χ1v) is 6.86. The Morgan fingerprint density at radius 1 is 1.00 bits per heavy atom. The molecule has 0 bridgehead atoms. The van der Waals surface area contributed by atoms with Gasteiger partial charge in [-0.15, -0.1) is 0 Å². The monoisotopic (exact) mass is 270 g/mol. The third-order valence-electron chi connectivity index (χ3n) is 2.88. The quantitative estimate of drug-likeness (QED) is 0.405. The Labute approximate surface area is 116 Å². The average molecular weight is 270 g/mol. The van der Waals surface area contributed by atoms with Gasteiger partial charge in [-0.25, -0.2) is 0 Å². The van der Waals surface area contributed by atoms with Crippen LogP contribution in [0.3, 0.4) is 0 Å². The minimum absolute atomic E-state index is 0.236. The SMILES string of the molecule is CCOC(=O)C(C=CC(C)C)(C(=O)OCC)C(C)C. The van der Waals surface area contributed by atoms with Crippen molar-refractivity contribution in [1.29, 1.82) is 0 Å². The Hall–Kier alpha value is -1.32. The van der Waals surface area contributed by atoms with Gasteiger partial charge in [0.15, 0.2) is 5.41 Å². The van der Waals surface area contributed by atoms with Crippen LogP contribution in [0.1, 0.15) is 41.5 Å². The van der Waals surface area contributed by atoms with E-state index >= 15 is 0 Å². The average Bonchev–Trinajstić information content (AvgIpc) is 2.29. The van der Waals surface area contributed by atoms with Gasteiger partial charge in [0, 0.05) is 0 Å². The van der Waals surface area contributed by atoms with Gasteiger partial charge in [-0.3, -0.25) is 9.59 Å². The van der Waals surface area contributed by atoms with Crippen molar-refractivity contribution in [2.45, 2.75) is 41.5 Å². The van der Waals surface area contributed by atoms with Gasteiger partial charge in [0.1, 0.15) is 0 Å². The van der Waals surface area contributed by atoms with Crippen LogP contribution in [0, 0.1) is 17.3 Å². The molecule has 0 radical (unpaired) electrons. The molecule has 0 rings (SSSR count). The van der Waals surface area contributed by atoms with Gasteiger partial charge >= 0.3 is 11.9 Å². The summed E-state index contributed by atoms with van der Waals surface area (Å²) in [7, 11) is 0. The van der Waals surface area contributed by atoms with Crippen LogP contribution in [-0.4, -0.2) is 25.2 Å². The van der Waals surface area contributed by atoms with Crippen molar-refractivity contribution >= 4 is 11.9 Å². The second kappa shape index (κ2) is 7.97. The molecule has 0 aliphatic rings. The van der Waals surface area contributed by atoms with Crippen LogP contribution in [0.4, 0.5) is 0 Å². The summed E-state index contributed by atoms with van der Waals surface area (Å²) < 4.78 is 10.2. The minimum atomic E-state index is -1.35. The molecular weight excluding hydrogens is 244 g/mol. The van der Waals surface area contributed by atoms with Crippen molar-refractivity contribution in [1.82, 2.24) is 0 Å². The maximum absolute atomic E-state index is 12.3. The highest BCUT2D eigenvalue weighted by Crippen LogP contribution is 2.33. The van der Waals surface area contributed by atoms with Gasteiger partial charge in [-0.2, -0.15) is 0 Å². The molecule has 0 fully saturated rings. The van der Waals surface area contributed by atoms with E-state index in [-0.39, 0.29) is 25.0 Å². The number of carbonyl (C=O) groups is 2. The van der Waals surface area contributed by atoms with Gasteiger partial charge in [-0.1, -0.05) is 39.8 Å². The summed E-state index contributed by atoms with van der Waals surface area (Å²) in [4.78, 5) is 24.5. The van der Waals surface area contributed by atoms with E-state index in [1.54, 1.807) is 19.9 Å². The summed E-state index contributed by atoms with van der Waals surface area (Å²) in [6.07, 6.45) is 3.48. The lowest BCUT2D eigenvalue weighted by molar-refractivity contribution is -0.171. The van der Waals surface area contributed by atoms with E-state index in [9.17, 15) is 9.59 Å². The number of hydrogen-bond acceptors (Lipinski definition) is 4. The Kier molecular flexibility index (Phi) is 7.42. The molecule has 0 N–H and O–H groups in total. The highest BCUT2D eigenvalue weighted by molar-refractivity contribution is 6.02. The Morgan fingerprint density at radius 3 is 1.68 bits per heavy atom. The normalized spacial score (nSPS) is 12.2. The van der Waals surface area contributed by atoms with Crippen LogP contribution in [0.5, 0.6) is 0 Å². The molecular formula is C15H26O4. The molecule has 0 aliphatic carbocycles. The molecule has 0 heterocycles. The highest BCUT2D eigenvalue weighted by Gasteiger charge is 2.49. The van der Waals surface area contributed by atoms with Crippen LogP contribution in [-0.2, 0) is 19.1 Å². The lowest BCUT2D eigenvalue weighted by Gasteiger charge is -2.30. The van der Waals surface area contributed by atoms with Gasteiger partial charge in [-0.05, 0) is 25.7 Å². The van der Waals surface area contributed by atoms with Crippen LogP contribution in [0.15, 0.2) is 12.2 Å². The molecule has 19 heavy (non-hydrogen) atoms. The smallest absolute Gasteiger partial charge is 0.327 e. The van der Waals surface area contributed by atoms with E-state index < -0.39 is 17.4 Å². The Morgan fingerprint density at radius 2 is 1.42 bits per heavy atom. The number of carbonyl (C=O) groups excluding carboxylic acids is 2. The van der Waals surface area contributed by atoms with Crippen LogP contribution < -0.4 is 0 Å². The molecule has 0 saturated heterocycles. The van der Waals surface area contributed by atoms with E-state index in [0.29, 0.717) is 0 Å². The first kappa shape index (κ1) is 17.7. The standard InChI is InChI=1S/C15H26O4/c1-7-18-13(16)15(12(5)6,10-9-11(3)4)14(17)19-8-2/h9-12H,7-8H2,1-6H3. The second-order valence-electron chi connectivity index (χ2n) is 5.07. The summed E-state index contributed by atoms with van der Waals surface area (Å²) in [5, 5.41) is 0. The third kappa shape index (κ3) is 4.37. The molecule has 0 aromatic heterocycles. The molecule has 0 spiro atoms. The molecule has 0 aromatic carbocycles. The van der Waals surface area contributed by atoms with Gasteiger partial charge < -0.3 is 9.47 Å². The van der Waals surface area contributed by atoms with E-state index in [4.69, 9.17) is 9.47 Å².